The molecule has 0 unspecified atom stereocenters. The number of rotatable bonds is 5. The molecule has 3 aromatic rings. The molecular formula is C22H26N8O. The molecule has 0 radical (unpaired) electrons. The Kier molecular flexibility index (Phi) is 5.75. The predicted molar refractivity (Wildman–Crippen MR) is 118 cm³/mol. The van der Waals surface area contributed by atoms with Crippen LogP contribution < -0.4 is 5.32 Å². The number of hydrogen-bond donors (Lipinski definition) is 1. The van der Waals surface area contributed by atoms with E-state index in [0.29, 0.717) is 30.7 Å². The van der Waals surface area contributed by atoms with E-state index in [2.05, 4.69) is 30.4 Å². The van der Waals surface area contributed by atoms with Gasteiger partial charge >= 0.3 is 0 Å². The summed E-state index contributed by atoms with van der Waals surface area (Å²) in [7, 11) is 1.85. The second-order valence-electron chi connectivity index (χ2n) is 7.81. The zero-order chi connectivity index (χ0) is 22.0. The summed E-state index contributed by atoms with van der Waals surface area (Å²) in [5.74, 6) is 2.01. The summed E-state index contributed by atoms with van der Waals surface area (Å²) < 4.78 is 1.73. The molecule has 31 heavy (non-hydrogen) atoms. The highest BCUT2D eigenvalue weighted by Crippen LogP contribution is 2.28. The smallest absolute Gasteiger partial charge is 0.246 e. The Hall–Kier alpha value is -3.62. The summed E-state index contributed by atoms with van der Waals surface area (Å²) in [6.45, 7) is 7.06. The maximum atomic E-state index is 12.6. The first-order valence-electron chi connectivity index (χ1n) is 10.3. The van der Waals surface area contributed by atoms with Crippen molar-refractivity contribution in [3.8, 4) is 0 Å². The Morgan fingerprint density at radius 2 is 1.90 bits per heavy atom. The van der Waals surface area contributed by atoms with Crippen LogP contribution in [0.15, 0.2) is 30.5 Å². The van der Waals surface area contributed by atoms with Gasteiger partial charge in [-0.25, -0.2) is 19.9 Å². The average Bonchev–Trinajstić information content (AvgIpc) is 3.34. The Balaban J connectivity index is 1.45. The minimum atomic E-state index is -0.00328. The molecule has 0 bridgehead atoms. The van der Waals surface area contributed by atoms with Gasteiger partial charge in [0, 0.05) is 55.8 Å². The normalized spacial score (nSPS) is 16.3. The molecule has 1 N–H and O–H groups in total. The van der Waals surface area contributed by atoms with Gasteiger partial charge in [0.2, 0.25) is 11.9 Å². The second-order valence-corrected chi connectivity index (χ2v) is 7.81. The highest BCUT2D eigenvalue weighted by atomic mass is 16.2. The molecule has 1 aliphatic heterocycles. The van der Waals surface area contributed by atoms with E-state index in [-0.39, 0.29) is 11.8 Å². The summed E-state index contributed by atoms with van der Waals surface area (Å²) in [6, 6.07) is 5.72. The fraction of sp³-hybridized carbons (Fsp3) is 0.364. The van der Waals surface area contributed by atoms with Crippen molar-refractivity contribution in [1.29, 1.82) is 0 Å². The Labute approximate surface area is 181 Å². The number of nitrogens with one attached hydrogen (secondary N) is 1. The van der Waals surface area contributed by atoms with Gasteiger partial charge < -0.3 is 10.2 Å². The van der Waals surface area contributed by atoms with Crippen molar-refractivity contribution < 1.29 is 4.79 Å². The van der Waals surface area contributed by atoms with Crippen molar-refractivity contribution in [2.24, 2.45) is 7.05 Å². The summed E-state index contributed by atoms with van der Waals surface area (Å²) >= 11 is 0. The van der Waals surface area contributed by atoms with E-state index < -0.39 is 0 Å². The molecule has 0 saturated carbocycles. The van der Waals surface area contributed by atoms with Crippen molar-refractivity contribution in [1.82, 2.24) is 34.6 Å². The van der Waals surface area contributed by atoms with Crippen molar-refractivity contribution in [3.05, 3.63) is 59.1 Å². The molecule has 3 aromatic heterocycles. The fourth-order valence-electron chi connectivity index (χ4n) is 3.77. The van der Waals surface area contributed by atoms with E-state index in [1.54, 1.807) is 23.0 Å². The zero-order valence-electron chi connectivity index (χ0n) is 18.2. The molecule has 0 aliphatic carbocycles. The predicted octanol–water partition coefficient (Wildman–Crippen LogP) is 2.70. The first-order valence-corrected chi connectivity index (χ1v) is 10.3. The number of aryl methyl sites for hydroxylation is 4. The molecule has 1 amide bonds. The molecule has 9 heteroatoms. The standard InChI is InChI=1S/C22H26N8O/c1-14-11-15(2)25-22(24-14)28-20-12-19(26-16(3)27-20)17-8-10-30(13-17)21(31)6-5-18-7-9-23-29(18)4/h5-7,9,11-12,17H,8,10,13H2,1-4H3,(H,24,25,26,27,28)/b6-5+/t17-/m0/s1. The number of carbonyl (C=O) groups excluding carboxylic acids is 1. The van der Waals surface area contributed by atoms with Crippen molar-refractivity contribution >= 4 is 23.7 Å². The molecule has 9 nitrogen and oxygen atoms in total. The maximum absolute atomic E-state index is 12.6. The van der Waals surface area contributed by atoms with Gasteiger partial charge in [-0.15, -0.1) is 0 Å². The number of carbonyl (C=O) groups is 1. The van der Waals surface area contributed by atoms with Crippen molar-refractivity contribution in [2.45, 2.75) is 33.1 Å². The third kappa shape index (κ3) is 4.93. The van der Waals surface area contributed by atoms with Crippen LogP contribution in [0.4, 0.5) is 11.8 Å². The maximum Gasteiger partial charge on any atom is 0.246 e. The SMILES string of the molecule is Cc1cc(C)nc(Nc2cc([C@H]3CCN(C(=O)/C=C/c4ccnn4C)C3)nc(C)n2)n1. The molecule has 1 aliphatic rings. The molecule has 160 valence electrons. The van der Waals surface area contributed by atoms with Gasteiger partial charge in [0.05, 0.1) is 11.4 Å². The van der Waals surface area contributed by atoms with Crippen LogP contribution in [0.2, 0.25) is 0 Å². The topological polar surface area (TPSA) is 102 Å². The van der Waals surface area contributed by atoms with Gasteiger partial charge in [0.15, 0.2) is 0 Å². The monoisotopic (exact) mass is 418 g/mol. The van der Waals surface area contributed by atoms with Gasteiger partial charge in [-0.1, -0.05) is 0 Å². The van der Waals surface area contributed by atoms with Gasteiger partial charge in [0.25, 0.3) is 0 Å². The number of amides is 1. The van der Waals surface area contributed by atoms with Gasteiger partial charge in [0.1, 0.15) is 11.6 Å². The van der Waals surface area contributed by atoms with E-state index in [4.69, 9.17) is 0 Å². The highest BCUT2D eigenvalue weighted by Gasteiger charge is 2.28. The first kappa shape index (κ1) is 20.6. The molecule has 0 spiro atoms. The lowest BCUT2D eigenvalue weighted by molar-refractivity contribution is -0.124. The van der Waals surface area contributed by atoms with Crippen molar-refractivity contribution in [3.63, 3.8) is 0 Å². The summed E-state index contributed by atoms with van der Waals surface area (Å²) in [4.78, 5) is 32.4. The van der Waals surface area contributed by atoms with E-state index in [0.717, 1.165) is 29.2 Å². The average molecular weight is 419 g/mol. The summed E-state index contributed by atoms with van der Waals surface area (Å²) in [5.41, 5.74) is 3.60. The van der Waals surface area contributed by atoms with Gasteiger partial charge in [-0.2, -0.15) is 5.10 Å². The zero-order valence-corrected chi connectivity index (χ0v) is 18.2. The summed E-state index contributed by atoms with van der Waals surface area (Å²) in [6.07, 6.45) is 5.97. The largest absolute Gasteiger partial charge is 0.338 e. The van der Waals surface area contributed by atoms with Crippen LogP contribution in [0, 0.1) is 20.8 Å². The van der Waals surface area contributed by atoms with Crippen LogP contribution >= 0.6 is 0 Å². The van der Waals surface area contributed by atoms with Crippen LogP contribution in [0.25, 0.3) is 6.08 Å². The Morgan fingerprint density at radius 1 is 1.13 bits per heavy atom. The molecule has 1 fully saturated rings. The van der Waals surface area contributed by atoms with Crippen LogP contribution in [-0.2, 0) is 11.8 Å². The quantitative estimate of drug-likeness (QED) is 0.636. The van der Waals surface area contributed by atoms with E-state index in [9.17, 15) is 4.79 Å². The van der Waals surface area contributed by atoms with E-state index in [1.807, 2.05) is 50.9 Å². The van der Waals surface area contributed by atoms with E-state index in [1.165, 1.54) is 0 Å². The molecule has 1 saturated heterocycles. The first-order chi connectivity index (χ1) is 14.9. The van der Waals surface area contributed by atoms with Crippen LogP contribution in [0.1, 0.15) is 40.9 Å². The number of aromatic nitrogens is 6. The lowest BCUT2D eigenvalue weighted by atomic mass is 10.0. The lowest BCUT2D eigenvalue weighted by Gasteiger charge is -2.15. The number of likely N-dealkylation sites (tertiary alicyclic amines) is 1. The van der Waals surface area contributed by atoms with Gasteiger partial charge in [-0.05, 0) is 45.4 Å². The molecule has 4 rings (SSSR count). The number of hydrogen-bond acceptors (Lipinski definition) is 7. The second kappa shape index (κ2) is 8.63. The van der Waals surface area contributed by atoms with E-state index >= 15 is 0 Å². The third-order valence-corrected chi connectivity index (χ3v) is 5.25. The highest BCUT2D eigenvalue weighted by molar-refractivity contribution is 5.91. The van der Waals surface area contributed by atoms with Crippen LogP contribution in [-0.4, -0.2) is 53.6 Å². The molecule has 4 heterocycles. The fourth-order valence-corrected chi connectivity index (χ4v) is 3.77. The molecular weight excluding hydrogens is 392 g/mol. The van der Waals surface area contributed by atoms with Crippen LogP contribution in [0.3, 0.4) is 0 Å². The minimum Gasteiger partial charge on any atom is -0.338 e. The van der Waals surface area contributed by atoms with Gasteiger partial charge in [-0.3, -0.25) is 9.48 Å². The number of anilines is 2. The minimum absolute atomic E-state index is 0.00328. The van der Waals surface area contributed by atoms with Crippen molar-refractivity contribution in [2.75, 3.05) is 18.4 Å². The Morgan fingerprint density at radius 3 is 2.61 bits per heavy atom. The lowest BCUT2D eigenvalue weighted by Crippen LogP contribution is -2.26. The molecule has 1 atom stereocenters. The Bertz CT molecular complexity index is 1120. The van der Waals surface area contributed by atoms with Crippen LogP contribution in [0.5, 0.6) is 0 Å². The molecule has 0 aromatic carbocycles. The summed E-state index contributed by atoms with van der Waals surface area (Å²) in [5, 5.41) is 7.30. The number of nitrogens with zero attached hydrogens (tertiary/aromatic N) is 7. The third-order valence-electron chi connectivity index (χ3n) is 5.25.